The number of carbonyl (C=O) groups is 1. The molecule has 0 bridgehead atoms. The first kappa shape index (κ1) is 30.3. The van der Waals surface area contributed by atoms with Crippen LogP contribution in [0, 0.1) is 6.57 Å². The zero-order chi connectivity index (χ0) is 31.0. The van der Waals surface area contributed by atoms with Crippen molar-refractivity contribution in [2.75, 3.05) is 62.2 Å². The van der Waals surface area contributed by atoms with E-state index in [0.717, 1.165) is 59.6 Å². The van der Waals surface area contributed by atoms with Crippen molar-refractivity contribution in [3.05, 3.63) is 82.1 Å². The van der Waals surface area contributed by atoms with Crippen molar-refractivity contribution in [2.45, 2.75) is 45.1 Å². The Bertz CT molecular complexity index is 1610. The standard InChI is InChI=1S/C33H37ClFN7O2/c1-5-39(6-2)24-18-41(19-24)33-37-28-15-29(25-11-7-9-22-10-8-12-27(34)30(22)25)44-20-26(28)31(38-33)40-13-14-42(32(43)21(3)35)23(17-40)16-36-4/h7-12,23-24,29H,3,5-6,13-20H2,1-2H3/t23-,29?/m0/s1. The molecule has 2 aromatic carbocycles. The number of carbonyl (C=O) groups excluding carboxylic acids is 1. The summed E-state index contributed by atoms with van der Waals surface area (Å²) in [7, 11) is 0. The van der Waals surface area contributed by atoms with Crippen molar-refractivity contribution in [3.63, 3.8) is 0 Å². The second-order valence-corrected chi connectivity index (χ2v) is 12.0. The largest absolute Gasteiger partial charge is 0.368 e. The Balaban J connectivity index is 1.35. The average Bonchev–Trinajstić information content (AvgIpc) is 3.01. The Kier molecular flexibility index (Phi) is 8.72. The highest BCUT2D eigenvalue weighted by Crippen LogP contribution is 2.40. The highest BCUT2D eigenvalue weighted by atomic mass is 35.5. The van der Waals surface area contributed by atoms with Crippen molar-refractivity contribution < 1.29 is 13.9 Å². The van der Waals surface area contributed by atoms with E-state index < -0.39 is 17.8 Å². The molecule has 3 aliphatic heterocycles. The molecule has 230 valence electrons. The third-order valence-electron chi connectivity index (χ3n) is 9.15. The lowest BCUT2D eigenvalue weighted by atomic mass is 9.94. The summed E-state index contributed by atoms with van der Waals surface area (Å²) in [5.41, 5.74) is 2.86. The zero-order valence-corrected chi connectivity index (χ0v) is 25.9. The van der Waals surface area contributed by atoms with E-state index in [0.29, 0.717) is 43.1 Å². The molecular formula is C33H37ClFN7O2. The molecule has 1 aromatic heterocycles. The second-order valence-electron chi connectivity index (χ2n) is 11.6. The summed E-state index contributed by atoms with van der Waals surface area (Å²) in [5.74, 6) is -0.335. The maximum absolute atomic E-state index is 13.8. The zero-order valence-electron chi connectivity index (χ0n) is 25.2. The van der Waals surface area contributed by atoms with E-state index in [9.17, 15) is 9.18 Å². The number of halogens is 2. The molecule has 9 nitrogen and oxygen atoms in total. The van der Waals surface area contributed by atoms with Crippen LogP contribution in [0.15, 0.2) is 48.8 Å². The van der Waals surface area contributed by atoms with E-state index in [1.165, 1.54) is 4.90 Å². The van der Waals surface area contributed by atoms with Crippen molar-refractivity contribution in [1.82, 2.24) is 19.8 Å². The van der Waals surface area contributed by atoms with Crippen LogP contribution < -0.4 is 9.80 Å². The summed E-state index contributed by atoms with van der Waals surface area (Å²) < 4.78 is 20.3. The van der Waals surface area contributed by atoms with Gasteiger partial charge in [-0.25, -0.2) is 15.9 Å². The van der Waals surface area contributed by atoms with Crippen LogP contribution in [0.3, 0.4) is 0 Å². The Hall–Kier alpha value is -3.78. The highest BCUT2D eigenvalue weighted by Gasteiger charge is 2.38. The number of anilines is 2. The van der Waals surface area contributed by atoms with Crippen molar-refractivity contribution in [2.24, 2.45) is 0 Å². The summed E-state index contributed by atoms with van der Waals surface area (Å²) >= 11 is 6.68. The normalized spacial score (nSPS) is 20.4. The number of ether oxygens (including phenoxy) is 1. The Labute approximate surface area is 262 Å². The van der Waals surface area contributed by atoms with Gasteiger partial charge in [-0.1, -0.05) is 62.4 Å². The molecule has 2 atom stereocenters. The molecule has 0 radical (unpaired) electrons. The first-order valence-electron chi connectivity index (χ1n) is 15.2. The molecular weight excluding hydrogens is 581 g/mol. The fraction of sp³-hybridized carbons (Fsp3) is 0.455. The van der Waals surface area contributed by atoms with E-state index >= 15 is 0 Å². The van der Waals surface area contributed by atoms with Crippen molar-refractivity contribution >= 4 is 40.0 Å². The van der Waals surface area contributed by atoms with E-state index in [4.69, 9.17) is 32.9 Å². The first-order valence-corrected chi connectivity index (χ1v) is 15.6. The molecule has 1 amide bonds. The van der Waals surface area contributed by atoms with Crippen LogP contribution in [-0.2, 0) is 22.6 Å². The molecule has 6 rings (SSSR count). The average molecular weight is 618 g/mol. The number of hydrogen-bond donors (Lipinski definition) is 0. The maximum Gasteiger partial charge on any atom is 0.282 e. The molecule has 0 saturated carbocycles. The summed E-state index contributed by atoms with van der Waals surface area (Å²) in [4.78, 5) is 34.5. The van der Waals surface area contributed by atoms with Gasteiger partial charge in [0.15, 0.2) is 5.83 Å². The quantitative estimate of drug-likeness (QED) is 0.259. The predicted octanol–water partition coefficient (Wildman–Crippen LogP) is 5.05. The maximum atomic E-state index is 13.8. The molecule has 11 heteroatoms. The molecule has 1 unspecified atom stereocenters. The van der Waals surface area contributed by atoms with Crippen LogP contribution in [0.25, 0.3) is 15.6 Å². The first-order chi connectivity index (χ1) is 21.3. The van der Waals surface area contributed by atoms with Gasteiger partial charge in [-0.05, 0) is 30.1 Å². The third-order valence-corrected chi connectivity index (χ3v) is 9.47. The van der Waals surface area contributed by atoms with Crippen LogP contribution in [0.4, 0.5) is 16.2 Å². The smallest absolute Gasteiger partial charge is 0.282 e. The SMILES string of the molecule is [C-]#[N+]C[C@H]1CN(c2nc(N3CC(N(CC)CC)C3)nc3c2COC(c2cccc4cccc(Cl)c24)C3)CCN1C(=O)C(=C)F. The van der Waals surface area contributed by atoms with Crippen LogP contribution in [-0.4, -0.2) is 90.1 Å². The van der Waals surface area contributed by atoms with Gasteiger partial charge in [0.25, 0.3) is 5.91 Å². The van der Waals surface area contributed by atoms with Gasteiger partial charge in [-0.15, -0.1) is 0 Å². The summed E-state index contributed by atoms with van der Waals surface area (Å²) in [6.45, 7) is 20.2. The molecule has 3 aromatic rings. The second kappa shape index (κ2) is 12.7. The molecule has 0 aliphatic carbocycles. The van der Waals surface area contributed by atoms with Gasteiger partial charge in [-0.2, -0.15) is 4.98 Å². The van der Waals surface area contributed by atoms with Crippen LogP contribution >= 0.6 is 11.6 Å². The lowest BCUT2D eigenvalue weighted by Crippen LogP contribution is -2.60. The van der Waals surface area contributed by atoms with E-state index in [1.807, 2.05) is 18.2 Å². The lowest BCUT2D eigenvalue weighted by Gasteiger charge is -2.46. The van der Waals surface area contributed by atoms with Crippen LogP contribution in [0.2, 0.25) is 5.02 Å². The van der Waals surface area contributed by atoms with Gasteiger partial charge >= 0.3 is 0 Å². The fourth-order valence-electron chi connectivity index (χ4n) is 6.76. The Morgan fingerprint density at radius 1 is 1.14 bits per heavy atom. The third kappa shape index (κ3) is 5.60. The van der Waals surface area contributed by atoms with Gasteiger partial charge in [0.2, 0.25) is 12.5 Å². The van der Waals surface area contributed by atoms with E-state index in [1.54, 1.807) is 0 Å². The summed E-state index contributed by atoms with van der Waals surface area (Å²) in [6.07, 6.45) is 0.322. The van der Waals surface area contributed by atoms with Gasteiger partial charge < -0.3 is 24.3 Å². The Morgan fingerprint density at radius 2 is 1.89 bits per heavy atom. The molecule has 3 aliphatic rings. The Morgan fingerprint density at radius 3 is 2.59 bits per heavy atom. The predicted molar refractivity (Wildman–Crippen MR) is 171 cm³/mol. The highest BCUT2D eigenvalue weighted by molar-refractivity contribution is 6.35. The molecule has 0 spiro atoms. The van der Waals surface area contributed by atoms with E-state index in [2.05, 4.69) is 58.2 Å². The number of aromatic nitrogens is 2. The number of likely N-dealkylation sites (N-methyl/N-ethyl adjacent to an activating group) is 1. The van der Waals surface area contributed by atoms with Gasteiger partial charge in [0.05, 0.1) is 18.4 Å². The van der Waals surface area contributed by atoms with Gasteiger partial charge in [-0.3, -0.25) is 9.69 Å². The number of rotatable bonds is 8. The van der Waals surface area contributed by atoms with Crippen molar-refractivity contribution in [1.29, 1.82) is 0 Å². The topological polar surface area (TPSA) is 69.4 Å². The molecule has 0 N–H and O–H groups in total. The number of amides is 1. The number of nitrogens with zero attached hydrogens (tertiary/aromatic N) is 7. The van der Waals surface area contributed by atoms with Gasteiger partial charge in [0, 0.05) is 61.2 Å². The number of hydrogen-bond acceptors (Lipinski definition) is 7. The van der Waals surface area contributed by atoms with E-state index in [-0.39, 0.29) is 19.2 Å². The fourth-order valence-corrected chi connectivity index (χ4v) is 7.05. The molecule has 4 heterocycles. The minimum atomic E-state index is -1.01. The summed E-state index contributed by atoms with van der Waals surface area (Å²) in [6, 6.07) is 12.0. The number of fused-ring (bicyclic) bond motifs is 2. The molecule has 2 saturated heterocycles. The van der Waals surface area contributed by atoms with Crippen LogP contribution in [0.1, 0.15) is 36.8 Å². The lowest BCUT2D eigenvalue weighted by molar-refractivity contribution is -0.131. The minimum Gasteiger partial charge on any atom is -0.368 e. The summed E-state index contributed by atoms with van der Waals surface area (Å²) in [5, 5.41) is 2.74. The monoisotopic (exact) mass is 617 g/mol. The molecule has 2 fully saturated rings. The number of benzene rings is 2. The van der Waals surface area contributed by atoms with Crippen molar-refractivity contribution in [3.8, 4) is 0 Å². The molecule has 44 heavy (non-hydrogen) atoms. The number of piperazine rings is 1. The van der Waals surface area contributed by atoms with Gasteiger partial charge in [0.1, 0.15) is 11.9 Å². The van der Waals surface area contributed by atoms with Crippen LogP contribution in [0.5, 0.6) is 0 Å². The minimum absolute atomic E-state index is 0.0632.